The van der Waals surface area contributed by atoms with Crippen molar-refractivity contribution >= 4 is 56.7 Å². The van der Waals surface area contributed by atoms with Gasteiger partial charge in [-0.3, -0.25) is 9.59 Å². The number of rotatable bonds is 5. The van der Waals surface area contributed by atoms with Crippen LogP contribution in [-0.2, 0) is 9.59 Å². The third-order valence-electron chi connectivity index (χ3n) is 5.26. The van der Waals surface area contributed by atoms with Crippen molar-refractivity contribution in [1.82, 2.24) is 0 Å². The molecule has 3 aromatic carbocycles. The molecule has 0 spiro atoms. The van der Waals surface area contributed by atoms with Gasteiger partial charge in [0.25, 0.3) is 11.8 Å². The second-order valence-electron chi connectivity index (χ2n) is 7.40. The zero-order valence-corrected chi connectivity index (χ0v) is 20.0. The Morgan fingerprint density at radius 2 is 1.61 bits per heavy atom. The first kappa shape index (κ1) is 22.8. The number of nitrogens with one attached hydrogen (secondary N) is 1. The molecular weight excluding hydrogens is 508 g/mol. The number of amides is 2. The largest absolute Gasteiger partial charge is 0.423 e. The van der Waals surface area contributed by atoms with Crippen molar-refractivity contribution in [2.45, 2.75) is 13.8 Å². The molecule has 8 heteroatoms. The predicted molar refractivity (Wildman–Crippen MR) is 130 cm³/mol. The lowest BCUT2D eigenvalue weighted by Crippen LogP contribution is -2.32. The number of halogens is 2. The van der Waals surface area contributed by atoms with E-state index < -0.39 is 17.8 Å². The zero-order valence-electron chi connectivity index (χ0n) is 17.7. The first-order chi connectivity index (χ1) is 15.8. The van der Waals surface area contributed by atoms with Crippen molar-refractivity contribution in [3.05, 3.63) is 98.6 Å². The number of nitrogens with zero attached hydrogens (tertiary/aromatic N) is 1. The molecular formula is C25H18BrClN2O4. The molecule has 0 atom stereocenters. The van der Waals surface area contributed by atoms with Crippen molar-refractivity contribution in [1.29, 1.82) is 0 Å². The molecule has 1 N–H and O–H groups in total. The van der Waals surface area contributed by atoms with Crippen LogP contribution in [0.3, 0.4) is 0 Å². The first-order valence-corrected chi connectivity index (χ1v) is 11.1. The third-order valence-corrected chi connectivity index (χ3v) is 6.14. The second-order valence-corrected chi connectivity index (χ2v) is 8.69. The number of anilines is 2. The van der Waals surface area contributed by atoms with Gasteiger partial charge in [0.05, 0.1) is 11.3 Å². The van der Waals surface area contributed by atoms with Crippen LogP contribution >= 0.6 is 27.5 Å². The van der Waals surface area contributed by atoms with Gasteiger partial charge >= 0.3 is 5.97 Å². The molecule has 0 aromatic heterocycles. The molecule has 1 aliphatic rings. The van der Waals surface area contributed by atoms with E-state index in [4.69, 9.17) is 16.3 Å². The van der Waals surface area contributed by atoms with Crippen LogP contribution in [0.5, 0.6) is 5.75 Å². The summed E-state index contributed by atoms with van der Waals surface area (Å²) in [6.07, 6.45) is 0. The molecule has 1 heterocycles. The standard InChI is InChI=1S/C25H18BrClN2O4/c1-14-4-3-5-20(15(14)2)33-25(32)16-6-10-18(11-7-16)28-22-21(27)23(30)29(24(22)31)19-12-8-17(26)9-13-19/h3-13,28H,1-2H3. The maximum atomic E-state index is 12.9. The van der Waals surface area contributed by atoms with Crippen molar-refractivity contribution in [3.8, 4) is 5.75 Å². The van der Waals surface area contributed by atoms with Gasteiger partial charge in [-0.25, -0.2) is 9.69 Å². The molecule has 0 saturated carbocycles. The second kappa shape index (κ2) is 9.21. The molecule has 166 valence electrons. The minimum atomic E-state index is -0.611. The Bertz CT molecular complexity index is 1300. The van der Waals surface area contributed by atoms with E-state index >= 15 is 0 Å². The van der Waals surface area contributed by atoms with E-state index in [-0.39, 0.29) is 10.7 Å². The maximum absolute atomic E-state index is 12.9. The van der Waals surface area contributed by atoms with Gasteiger partial charge in [0.2, 0.25) is 0 Å². The van der Waals surface area contributed by atoms with Crippen LogP contribution in [0.2, 0.25) is 0 Å². The molecule has 4 rings (SSSR count). The SMILES string of the molecule is Cc1cccc(OC(=O)c2ccc(NC3=C(Cl)C(=O)N(c4ccc(Br)cc4)C3=O)cc2)c1C. The summed E-state index contributed by atoms with van der Waals surface area (Å²) in [5, 5.41) is 2.68. The van der Waals surface area contributed by atoms with E-state index in [1.165, 1.54) is 0 Å². The Morgan fingerprint density at radius 3 is 2.27 bits per heavy atom. The molecule has 2 amide bonds. The predicted octanol–water partition coefficient (Wildman–Crippen LogP) is 5.72. The number of esters is 1. The fraction of sp³-hybridized carbons (Fsp3) is 0.0800. The molecule has 6 nitrogen and oxygen atoms in total. The van der Waals surface area contributed by atoms with Gasteiger partial charge in [-0.1, -0.05) is 39.7 Å². The van der Waals surface area contributed by atoms with Crippen LogP contribution in [-0.4, -0.2) is 17.8 Å². The zero-order chi connectivity index (χ0) is 23.7. The van der Waals surface area contributed by atoms with E-state index in [1.807, 2.05) is 26.0 Å². The molecule has 0 unspecified atom stereocenters. The average molecular weight is 526 g/mol. The van der Waals surface area contributed by atoms with E-state index in [0.29, 0.717) is 22.7 Å². The summed E-state index contributed by atoms with van der Waals surface area (Å²) in [6, 6.07) is 18.6. The van der Waals surface area contributed by atoms with Crippen LogP contribution in [0.25, 0.3) is 0 Å². The molecule has 0 radical (unpaired) electrons. The number of aryl methyl sites for hydroxylation is 1. The van der Waals surface area contributed by atoms with Gasteiger partial charge in [-0.2, -0.15) is 0 Å². The number of carbonyl (C=O) groups is 3. The molecule has 1 aliphatic heterocycles. The minimum absolute atomic E-state index is 0.0321. The highest BCUT2D eigenvalue weighted by Gasteiger charge is 2.38. The number of imide groups is 1. The normalized spacial score (nSPS) is 13.5. The lowest BCUT2D eigenvalue weighted by atomic mass is 10.1. The highest BCUT2D eigenvalue weighted by atomic mass is 79.9. The molecule has 0 aliphatic carbocycles. The van der Waals surface area contributed by atoms with Crippen molar-refractivity contribution in [2.75, 3.05) is 10.2 Å². The van der Waals surface area contributed by atoms with Crippen LogP contribution in [0.1, 0.15) is 21.5 Å². The van der Waals surface area contributed by atoms with Gasteiger partial charge in [-0.15, -0.1) is 0 Å². The molecule has 33 heavy (non-hydrogen) atoms. The van der Waals surface area contributed by atoms with Crippen molar-refractivity contribution < 1.29 is 19.1 Å². The number of hydrogen-bond acceptors (Lipinski definition) is 5. The molecule has 0 fully saturated rings. The molecule has 3 aromatic rings. The van der Waals surface area contributed by atoms with E-state index in [0.717, 1.165) is 20.5 Å². The Balaban J connectivity index is 1.49. The lowest BCUT2D eigenvalue weighted by molar-refractivity contribution is -0.120. The Kier molecular flexibility index (Phi) is 6.35. The van der Waals surface area contributed by atoms with E-state index in [1.54, 1.807) is 54.6 Å². The monoisotopic (exact) mass is 524 g/mol. The summed E-state index contributed by atoms with van der Waals surface area (Å²) in [6.45, 7) is 3.83. The summed E-state index contributed by atoms with van der Waals surface area (Å²) in [5.41, 5.74) is 3.13. The number of ether oxygens (including phenoxy) is 1. The van der Waals surface area contributed by atoms with Crippen molar-refractivity contribution in [2.24, 2.45) is 0 Å². The fourth-order valence-electron chi connectivity index (χ4n) is 3.26. The quantitative estimate of drug-likeness (QED) is 0.262. The third kappa shape index (κ3) is 4.55. The number of hydrogen-bond donors (Lipinski definition) is 1. The summed E-state index contributed by atoms with van der Waals surface area (Å²) in [4.78, 5) is 39.0. The Hall–Kier alpha value is -3.42. The Labute approximate surface area is 203 Å². The number of benzene rings is 3. The maximum Gasteiger partial charge on any atom is 0.343 e. The number of carbonyl (C=O) groups excluding carboxylic acids is 3. The van der Waals surface area contributed by atoms with Gasteiger partial charge < -0.3 is 10.1 Å². The van der Waals surface area contributed by atoms with Crippen LogP contribution in [0, 0.1) is 13.8 Å². The van der Waals surface area contributed by atoms with Crippen LogP contribution in [0.4, 0.5) is 11.4 Å². The van der Waals surface area contributed by atoms with Crippen molar-refractivity contribution in [3.63, 3.8) is 0 Å². The smallest absolute Gasteiger partial charge is 0.343 e. The Morgan fingerprint density at radius 1 is 0.939 bits per heavy atom. The average Bonchev–Trinajstić information content (AvgIpc) is 3.01. The van der Waals surface area contributed by atoms with Gasteiger partial charge in [0, 0.05) is 10.2 Å². The summed E-state index contributed by atoms with van der Waals surface area (Å²) < 4.78 is 6.32. The van der Waals surface area contributed by atoms with Gasteiger partial charge in [-0.05, 0) is 79.6 Å². The first-order valence-electron chi connectivity index (χ1n) is 9.96. The van der Waals surface area contributed by atoms with Crippen LogP contribution in [0.15, 0.2) is 81.9 Å². The highest BCUT2D eigenvalue weighted by molar-refractivity contribution is 9.10. The summed E-state index contributed by atoms with van der Waals surface area (Å²) >= 11 is 9.49. The fourth-order valence-corrected chi connectivity index (χ4v) is 3.74. The van der Waals surface area contributed by atoms with Crippen LogP contribution < -0.4 is 15.0 Å². The summed E-state index contributed by atoms with van der Waals surface area (Å²) in [7, 11) is 0. The summed E-state index contributed by atoms with van der Waals surface area (Å²) in [5.74, 6) is -1.17. The van der Waals surface area contributed by atoms with E-state index in [9.17, 15) is 14.4 Å². The molecule has 0 bridgehead atoms. The minimum Gasteiger partial charge on any atom is -0.423 e. The topological polar surface area (TPSA) is 75.7 Å². The highest BCUT2D eigenvalue weighted by Crippen LogP contribution is 2.31. The molecule has 0 saturated heterocycles. The van der Waals surface area contributed by atoms with Gasteiger partial charge in [0.1, 0.15) is 16.5 Å². The van der Waals surface area contributed by atoms with E-state index in [2.05, 4.69) is 21.2 Å². The van der Waals surface area contributed by atoms with Gasteiger partial charge in [0.15, 0.2) is 0 Å². The lowest BCUT2D eigenvalue weighted by Gasteiger charge is -2.15.